The lowest BCUT2D eigenvalue weighted by atomic mass is 10.1. The normalized spacial score (nSPS) is 11.5. The zero-order valence-corrected chi connectivity index (χ0v) is 15.4. The summed E-state index contributed by atoms with van der Waals surface area (Å²) >= 11 is 6.15. The Labute approximate surface area is 153 Å². The number of methoxy groups -OCH3 is 2. The number of rotatable bonds is 8. The van der Waals surface area contributed by atoms with Gasteiger partial charge in [-0.25, -0.2) is 0 Å². The molecule has 0 bridgehead atoms. The summed E-state index contributed by atoms with van der Waals surface area (Å²) in [6.07, 6.45) is 0.789. The van der Waals surface area contributed by atoms with E-state index in [1.807, 2.05) is 30.3 Å². The summed E-state index contributed by atoms with van der Waals surface area (Å²) in [5.74, 6) is 0.985. The summed E-state index contributed by atoms with van der Waals surface area (Å²) < 4.78 is 10.5. The molecule has 2 rings (SSSR count). The van der Waals surface area contributed by atoms with Crippen LogP contribution in [0.4, 0.5) is 5.69 Å². The number of carbonyl (C=O) groups excluding carboxylic acids is 1. The first-order valence-corrected chi connectivity index (χ1v) is 8.42. The van der Waals surface area contributed by atoms with Crippen molar-refractivity contribution in [2.45, 2.75) is 19.4 Å². The number of ether oxygens (including phenoxy) is 2. The Balaban J connectivity index is 1.93. The van der Waals surface area contributed by atoms with Crippen LogP contribution in [0.2, 0.25) is 5.02 Å². The molecular weight excluding hydrogens is 340 g/mol. The maximum absolute atomic E-state index is 12.3. The van der Waals surface area contributed by atoms with Crippen molar-refractivity contribution in [1.82, 2.24) is 5.32 Å². The minimum Gasteiger partial charge on any atom is -0.495 e. The predicted octanol–water partition coefficient (Wildman–Crippen LogP) is 3.52. The van der Waals surface area contributed by atoms with Crippen molar-refractivity contribution in [3.63, 3.8) is 0 Å². The Morgan fingerprint density at radius 2 is 1.80 bits per heavy atom. The molecule has 0 aliphatic rings. The molecule has 5 nitrogen and oxygen atoms in total. The van der Waals surface area contributed by atoms with Gasteiger partial charge in [0.2, 0.25) is 5.91 Å². The Morgan fingerprint density at radius 1 is 1.12 bits per heavy atom. The van der Waals surface area contributed by atoms with Crippen molar-refractivity contribution >= 4 is 23.2 Å². The Morgan fingerprint density at radius 3 is 2.44 bits per heavy atom. The van der Waals surface area contributed by atoms with Crippen LogP contribution in [0.5, 0.6) is 11.5 Å². The topological polar surface area (TPSA) is 59.6 Å². The maximum atomic E-state index is 12.3. The van der Waals surface area contributed by atoms with Gasteiger partial charge in [-0.2, -0.15) is 0 Å². The molecule has 0 unspecified atom stereocenters. The Kier molecular flexibility index (Phi) is 6.95. The summed E-state index contributed by atoms with van der Waals surface area (Å²) in [6.45, 7) is 2.37. The minimum absolute atomic E-state index is 0.0927. The molecule has 0 spiro atoms. The van der Waals surface area contributed by atoms with Crippen molar-refractivity contribution in [3.05, 3.63) is 53.1 Å². The fraction of sp³-hybridized carbons (Fsp3) is 0.316. The van der Waals surface area contributed by atoms with Crippen LogP contribution >= 0.6 is 11.6 Å². The highest BCUT2D eigenvalue weighted by molar-refractivity contribution is 6.32. The van der Waals surface area contributed by atoms with Crippen LogP contribution in [0.3, 0.4) is 0 Å². The smallest absolute Gasteiger partial charge is 0.242 e. The average molecular weight is 363 g/mol. The number of hydrogen-bond donors (Lipinski definition) is 2. The van der Waals surface area contributed by atoms with Crippen molar-refractivity contribution < 1.29 is 14.3 Å². The maximum Gasteiger partial charge on any atom is 0.242 e. The highest BCUT2D eigenvalue weighted by Crippen LogP contribution is 2.36. The molecule has 1 atom stereocenters. The number of benzene rings is 2. The molecule has 1 amide bonds. The van der Waals surface area contributed by atoms with Gasteiger partial charge in [0, 0.05) is 12.6 Å². The number of hydrogen-bond acceptors (Lipinski definition) is 4. The number of anilines is 1. The van der Waals surface area contributed by atoms with Gasteiger partial charge in [0.25, 0.3) is 0 Å². The molecule has 6 heteroatoms. The first kappa shape index (κ1) is 18.9. The van der Waals surface area contributed by atoms with Crippen LogP contribution in [-0.4, -0.2) is 32.7 Å². The predicted molar refractivity (Wildman–Crippen MR) is 101 cm³/mol. The van der Waals surface area contributed by atoms with Crippen molar-refractivity contribution in [2.75, 3.05) is 26.1 Å². The molecule has 2 N–H and O–H groups in total. The third kappa shape index (κ3) is 5.29. The van der Waals surface area contributed by atoms with E-state index in [1.165, 1.54) is 12.7 Å². The lowest BCUT2D eigenvalue weighted by Gasteiger charge is -2.18. The summed E-state index contributed by atoms with van der Waals surface area (Å²) in [5.41, 5.74) is 1.83. The largest absolute Gasteiger partial charge is 0.495 e. The van der Waals surface area contributed by atoms with E-state index in [0.717, 1.165) is 6.42 Å². The molecule has 0 fully saturated rings. The van der Waals surface area contributed by atoms with Gasteiger partial charge in [-0.15, -0.1) is 0 Å². The van der Waals surface area contributed by atoms with Gasteiger partial charge in [-0.3, -0.25) is 4.79 Å². The van der Waals surface area contributed by atoms with Crippen LogP contribution in [0, 0.1) is 0 Å². The number of halogens is 1. The molecule has 0 aliphatic heterocycles. The van der Waals surface area contributed by atoms with Gasteiger partial charge in [0.1, 0.15) is 17.5 Å². The van der Waals surface area contributed by atoms with Gasteiger partial charge < -0.3 is 20.1 Å². The second kappa shape index (κ2) is 9.18. The number of nitrogens with one attached hydrogen (secondary N) is 2. The van der Waals surface area contributed by atoms with Gasteiger partial charge >= 0.3 is 0 Å². The van der Waals surface area contributed by atoms with E-state index in [1.54, 1.807) is 26.2 Å². The second-order valence-corrected chi connectivity index (χ2v) is 5.99. The Bertz CT molecular complexity index is 707. The highest BCUT2D eigenvalue weighted by atomic mass is 35.5. The third-order valence-electron chi connectivity index (χ3n) is 3.79. The Hall–Kier alpha value is -2.40. The lowest BCUT2D eigenvalue weighted by molar-refractivity contribution is -0.121. The monoisotopic (exact) mass is 362 g/mol. The molecule has 2 aromatic carbocycles. The summed E-state index contributed by atoms with van der Waals surface area (Å²) in [5, 5.41) is 6.50. The molecule has 0 saturated carbocycles. The highest BCUT2D eigenvalue weighted by Gasteiger charge is 2.16. The first-order valence-electron chi connectivity index (χ1n) is 8.05. The van der Waals surface area contributed by atoms with Crippen LogP contribution in [0.25, 0.3) is 0 Å². The van der Waals surface area contributed by atoms with E-state index in [9.17, 15) is 4.79 Å². The quantitative estimate of drug-likeness (QED) is 0.754. The van der Waals surface area contributed by atoms with Gasteiger partial charge in [-0.1, -0.05) is 41.9 Å². The van der Waals surface area contributed by atoms with Crippen molar-refractivity contribution in [3.8, 4) is 11.5 Å². The summed E-state index contributed by atoms with van der Waals surface area (Å²) in [4.78, 5) is 12.3. The van der Waals surface area contributed by atoms with E-state index >= 15 is 0 Å². The summed E-state index contributed by atoms with van der Waals surface area (Å²) in [7, 11) is 3.09. The van der Waals surface area contributed by atoms with Crippen molar-refractivity contribution in [1.29, 1.82) is 0 Å². The molecule has 0 radical (unpaired) electrons. The van der Waals surface area contributed by atoms with Gasteiger partial charge in [-0.05, 0) is 25.0 Å². The van der Waals surface area contributed by atoms with Gasteiger partial charge in [0.15, 0.2) is 0 Å². The molecule has 0 heterocycles. The SMILES string of the molecule is COc1cc(OC)c(N[C@H](C)C(=O)NCCc2ccccc2)cc1Cl. The zero-order valence-electron chi connectivity index (χ0n) is 14.6. The van der Waals surface area contributed by atoms with E-state index in [-0.39, 0.29) is 5.91 Å². The molecule has 25 heavy (non-hydrogen) atoms. The second-order valence-electron chi connectivity index (χ2n) is 5.58. The molecule has 134 valence electrons. The fourth-order valence-electron chi connectivity index (χ4n) is 2.40. The number of carbonyl (C=O) groups is 1. The van der Waals surface area contributed by atoms with E-state index in [2.05, 4.69) is 10.6 Å². The van der Waals surface area contributed by atoms with E-state index < -0.39 is 6.04 Å². The zero-order chi connectivity index (χ0) is 18.2. The molecule has 2 aromatic rings. The van der Waals surface area contributed by atoms with Crippen molar-refractivity contribution in [2.24, 2.45) is 0 Å². The standard InChI is InChI=1S/C19H23ClN2O3/c1-13(19(23)21-10-9-14-7-5-4-6-8-14)22-16-11-15(20)17(24-2)12-18(16)25-3/h4-8,11-13,22H,9-10H2,1-3H3,(H,21,23)/t13-/m1/s1. The molecule has 0 aromatic heterocycles. The van der Waals surface area contributed by atoms with E-state index in [4.69, 9.17) is 21.1 Å². The van der Waals surface area contributed by atoms with Crippen LogP contribution in [0.15, 0.2) is 42.5 Å². The fourth-order valence-corrected chi connectivity index (χ4v) is 2.64. The molecule has 0 saturated heterocycles. The van der Waals surface area contributed by atoms with Gasteiger partial charge in [0.05, 0.1) is 24.9 Å². The molecular formula is C19H23ClN2O3. The van der Waals surface area contributed by atoms with Crippen LogP contribution < -0.4 is 20.1 Å². The average Bonchev–Trinajstić information content (AvgIpc) is 2.62. The first-order chi connectivity index (χ1) is 12.0. The van der Waals surface area contributed by atoms with E-state index in [0.29, 0.717) is 28.8 Å². The lowest BCUT2D eigenvalue weighted by Crippen LogP contribution is -2.38. The minimum atomic E-state index is -0.436. The van der Waals surface area contributed by atoms with Crippen LogP contribution in [0.1, 0.15) is 12.5 Å². The molecule has 0 aliphatic carbocycles. The summed E-state index contributed by atoms with van der Waals surface area (Å²) in [6, 6.07) is 13.0. The third-order valence-corrected chi connectivity index (χ3v) is 4.09. The number of amides is 1. The van der Waals surface area contributed by atoms with Crippen LogP contribution in [-0.2, 0) is 11.2 Å².